The Labute approximate surface area is 93.1 Å². The second-order valence-electron chi connectivity index (χ2n) is 3.33. The van der Waals surface area contributed by atoms with Crippen molar-refractivity contribution >= 4 is 17.3 Å². The standard InChI is InChI=1S/C12H11N3O/c13-10-6-11(8-14-7-10)15-12(16)9-4-2-1-3-5-9/h1-8H,13H2,(H,15,16). The number of hydrogen-bond acceptors (Lipinski definition) is 3. The smallest absolute Gasteiger partial charge is 0.255 e. The number of nitrogens with two attached hydrogens (primary N) is 1. The zero-order chi connectivity index (χ0) is 11.4. The Bertz CT molecular complexity index is 497. The number of amides is 1. The zero-order valence-electron chi connectivity index (χ0n) is 8.55. The van der Waals surface area contributed by atoms with Crippen molar-refractivity contribution in [3.05, 3.63) is 54.4 Å². The van der Waals surface area contributed by atoms with Gasteiger partial charge in [-0.2, -0.15) is 0 Å². The van der Waals surface area contributed by atoms with Crippen LogP contribution >= 0.6 is 0 Å². The fourth-order valence-electron chi connectivity index (χ4n) is 1.32. The number of nitrogen functional groups attached to an aromatic ring is 1. The van der Waals surface area contributed by atoms with E-state index in [2.05, 4.69) is 10.3 Å². The molecular weight excluding hydrogens is 202 g/mol. The monoisotopic (exact) mass is 213 g/mol. The van der Waals surface area contributed by atoms with Crippen LogP contribution in [0.25, 0.3) is 0 Å². The molecule has 0 aliphatic heterocycles. The average molecular weight is 213 g/mol. The van der Waals surface area contributed by atoms with Crippen LogP contribution in [0.15, 0.2) is 48.8 Å². The predicted molar refractivity (Wildman–Crippen MR) is 63.0 cm³/mol. The number of benzene rings is 1. The maximum Gasteiger partial charge on any atom is 0.255 e. The molecule has 1 heterocycles. The minimum Gasteiger partial charge on any atom is -0.397 e. The number of carbonyl (C=O) groups is 1. The Morgan fingerprint density at radius 2 is 1.94 bits per heavy atom. The third-order valence-electron chi connectivity index (χ3n) is 2.05. The van der Waals surface area contributed by atoms with Gasteiger partial charge in [0.1, 0.15) is 0 Å². The highest BCUT2D eigenvalue weighted by Crippen LogP contribution is 2.11. The largest absolute Gasteiger partial charge is 0.397 e. The Balaban J connectivity index is 2.14. The van der Waals surface area contributed by atoms with E-state index in [1.807, 2.05) is 18.2 Å². The molecule has 0 bridgehead atoms. The Morgan fingerprint density at radius 1 is 1.19 bits per heavy atom. The van der Waals surface area contributed by atoms with Gasteiger partial charge in [0, 0.05) is 11.8 Å². The fraction of sp³-hybridized carbons (Fsp3) is 0. The van der Waals surface area contributed by atoms with Crippen molar-refractivity contribution in [1.29, 1.82) is 0 Å². The number of aromatic nitrogens is 1. The highest BCUT2D eigenvalue weighted by atomic mass is 16.1. The van der Waals surface area contributed by atoms with E-state index >= 15 is 0 Å². The molecule has 1 amide bonds. The highest BCUT2D eigenvalue weighted by molar-refractivity contribution is 6.04. The van der Waals surface area contributed by atoms with Gasteiger partial charge in [0.2, 0.25) is 0 Å². The summed E-state index contributed by atoms with van der Waals surface area (Å²) in [7, 11) is 0. The topological polar surface area (TPSA) is 68.0 Å². The van der Waals surface area contributed by atoms with Crippen LogP contribution in [-0.2, 0) is 0 Å². The molecule has 0 aliphatic rings. The van der Waals surface area contributed by atoms with E-state index in [0.29, 0.717) is 16.9 Å². The van der Waals surface area contributed by atoms with E-state index in [0.717, 1.165) is 0 Å². The van der Waals surface area contributed by atoms with E-state index in [4.69, 9.17) is 5.73 Å². The second kappa shape index (κ2) is 4.44. The molecule has 0 aliphatic carbocycles. The minimum absolute atomic E-state index is 0.173. The van der Waals surface area contributed by atoms with Gasteiger partial charge in [0.05, 0.1) is 17.6 Å². The molecular formula is C12H11N3O. The van der Waals surface area contributed by atoms with E-state index in [-0.39, 0.29) is 5.91 Å². The van der Waals surface area contributed by atoms with Gasteiger partial charge in [-0.15, -0.1) is 0 Å². The predicted octanol–water partition coefficient (Wildman–Crippen LogP) is 1.92. The third kappa shape index (κ3) is 2.36. The molecule has 1 aromatic carbocycles. The summed E-state index contributed by atoms with van der Waals surface area (Å²) in [5.41, 5.74) is 7.27. The summed E-state index contributed by atoms with van der Waals surface area (Å²) in [6, 6.07) is 10.6. The van der Waals surface area contributed by atoms with Gasteiger partial charge in [-0.25, -0.2) is 0 Å². The summed E-state index contributed by atoms with van der Waals surface area (Å²) in [4.78, 5) is 15.6. The molecule has 2 rings (SSSR count). The van der Waals surface area contributed by atoms with Gasteiger partial charge in [-0.1, -0.05) is 18.2 Å². The average Bonchev–Trinajstić information content (AvgIpc) is 2.30. The van der Waals surface area contributed by atoms with E-state index in [1.165, 1.54) is 6.20 Å². The minimum atomic E-state index is -0.173. The lowest BCUT2D eigenvalue weighted by atomic mass is 10.2. The van der Waals surface area contributed by atoms with Crippen molar-refractivity contribution in [1.82, 2.24) is 4.98 Å². The molecule has 0 spiro atoms. The molecule has 0 radical (unpaired) electrons. The molecule has 0 unspecified atom stereocenters. The maximum atomic E-state index is 11.7. The van der Waals surface area contributed by atoms with E-state index in [1.54, 1.807) is 24.4 Å². The highest BCUT2D eigenvalue weighted by Gasteiger charge is 2.04. The van der Waals surface area contributed by atoms with Gasteiger partial charge in [0.25, 0.3) is 5.91 Å². The van der Waals surface area contributed by atoms with Gasteiger partial charge in [-0.05, 0) is 18.2 Å². The fourth-order valence-corrected chi connectivity index (χ4v) is 1.32. The number of rotatable bonds is 2. The normalized spacial score (nSPS) is 9.75. The molecule has 0 saturated heterocycles. The number of pyridine rings is 1. The molecule has 16 heavy (non-hydrogen) atoms. The quantitative estimate of drug-likeness (QED) is 0.800. The van der Waals surface area contributed by atoms with Crippen molar-refractivity contribution in [3.63, 3.8) is 0 Å². The first-order valence-electron chi connectivity index (χ1n) is 4.82. The van der Waals surface area contributed by atoms with Gasteiger partial charge in [0.15, 0.2) is 0 Å². The summed E-state index contributed by atoms with van der Waals surface area (Å²) in [5.74, 6) is -0.173. The van der Waals surface area contributed by atoms with Gasteiger partial charge in [-0.3, -0.25) is 9.78 Å². The molecule has 1 aromatic heterocycles. The van der Waals surface area contributed by atoms with Crippen LogP contribution < -0.4 is 11.1 Å². The number of anilines is 2. The van der Waals surface area contributed by atoms with Crippen molar-refractivity contribution in [3.8, 4) is 0 Å². The maximum absolute atomic E-state index is 11.7. The van der Waals surface area contributed by atoms with Crippen LogP contribution in [0.4, 0.5) is 11.4 Å². The lowest BCUT2D eigenvalue weighted by Gasteiger charge is -2.04. The SMILES string of the molecule is Nc1cncc(NC(=O)c2ccccc2)c1. The lowest BCUT2D eigenvalue weighted by Crippen LogP contribution is -2.11. The first-order valence-corrected chi connectivity index (χ1v) is 4.82. The van der Waals surface area contributed by atoms with Crippen LogP contribution in [0.3, 0.4) is 0 Å². The first kappa shape index (κ1) is 10.2. The van der Waals surface area contributed by atoms with Crippen LogP contribution in [-0.4, -0.2) is 10.9 Å². The lowest BCUT2D eigenvalue weighted by molar-refractivity contribution is 0.102. The Hall–Kier alpha value is -2.36. The number of nitrogens with one attached hydrogen (secondary N) is 1. The van der Waals surface area contributed by atoms with Crippen LogP contribution in [0, 0.1) is 0 Å². The van der Waals surface area contributed by atoms with Crippen molar-refractivity contribution in [2.45, 2.75) is 0 Å². The Morgan fingerprint density at radius 3 is 2.62 bits per heavy atom. The van der Waals surface area contributed by atoms with Crippen LogP contribution in [0.2, 0.25) is 0 Å². The van der Waals surface area contributed by atoms with Crippen LogP contribution in [0.5, 0.6) is 0 Å². The first-order chi connectivity index (χ1) is 7.75. The molecule has 4 nitrogen and oxygen atoms in total. The summed E-state index contributed by atoms with van der Waals surface area (Å²) in [6.07, 6.45) is 3.08. The summed E-state index contributed by atoms with van der Waals surface area (Å²) in [6.45, 7) is 0. The molecule has 0 fully saturated rings. The number of hydrogen-bond donors (Lipinski definition) is 2. The molecule has 4 heteroatoms. The molecule has 80 valence electrons. The summed E-state index contributed by atoms with van der Waals surface area (Å²) >= 11 is 0. The Kier molecular flexibility index (Phi) is 2.82. The van der Waals surface area contributed by atoms with E-state index < -0.39 is 0 Å². The van der Waals surface area contributed by atoms with Crippen molar-refractivity contribution in [2.24, 2.45) is 0 Å². The molecule has 3 N–H and O–H groups in total. The molecule has 2 aromatic rings. The van der Waals surface area contributed by atoms with Crippen LogP contribution in [0.1, 0.15) is 10.4 Å². The van der Waals surface area contributed by atoms with Crippen molar-refractivity contribution in [2.75, 3.05) is 11.1 Å². The molecule has 0 atom stereocenters. The summed E-state index contributed by atoms with van der Waals surface area (Å²) in [5, 5.41) is 2.72. The number of nitrogens with zero attached hydrogens (tertiary/aromatic N) is 1. The third-order valence-corrected chi connectivity index (χ3v) is 2.05. The summed E-state index contributed by atoms with van der Waals surface area (Å²) < 4.78 is 0. The van der Waals surface area contributed by atoms with E-state index in [9.17, 15) is 4.79 Å². The second-order valence-corrected chi connectivity index (χ2v) is 3.33. The number of carbonyl (C=O) groups excluding carboxylic acids is 1. The molecule has 0 saturated carbocycles. The van der Waals surface area contributed by atoms with Gasteiger partial charge < -0.3 is 11.1 Å². The van der Waals surface area contributed by atoms with Gasteiger partial charge >= 0.3 is 0 Å². The van der Waals surface area contributed by atoms with Crippen molar-refractivity contribution < 1.29 is 4.79 Å². The zero-order valence-corrected chi connectivity index (χ0v) is 8.55.